The Morgan fingerprint density at radius 2 is 2.36 bits per heavy atom. The Morgan fingerprint density at radius 1 is 1.50 bits per heavy atom. The molecule has 0 saturated carbocycles. The van der Waals surface area contributed by atoms with E-state index in [9.17, 15) is 4.79 Å². The quantitative estimate of drug-likeness (QED) is 0.694. The topological polar surface area (TPSA) is 81.2 Å². The van der Waals surface area contributed by atoms with E-state index >= 15 is 0 Å². The van der Waals surface area contributed by atoms with Crippen LogP contribution in [0.3, 0.4) is 0 Å². The van der Waals surface area contributed by atoms with E-state index in [0.717, 1.165) is 5.56 Å². The Balaban J connectivity index is 2.52. The van der Waals surface area contributed by atoms with Crippen molar-refractivity contribution in [3.63, 3.8) is 0 Å². The number of rotatable bonds is 1. The highest BCUT2D eigenvalue weighted by molar-refractivity contribution is 6.00. The third-order valence-electron chi connectivity index (χ3n) is 1.89. The molecule has 2 rings (SSSR count). The first kappa shape index (κ1) is 8.55. The van der Waals surface area contributed by atoms with Gasteiger partial charge in [-0.2, -0.15) is 0 Å². The molecule has 1 aromatic rings. The zero-order valence-electron chi connectivity index (χ0n) is 7.34. The van der Waals surface area contributed by atoms with Crippen molar-refractivity contribution in [2.24, 2.45) is 10.7 Å². The highest BCUT2D eigenvalue weighted by atomic mass is 16.1. The highest BCUT2D eigenvalue weighted by Crippen LogP contribution is 2.20. The summed E-state index contributed by atoms with van der Waals surface area (Å²) in [6.07, 6.45) is 6.75. The molecule has 2 N–H and O–H groups in total. The molecule has 0 aliphatic carbocycles. The van der Waals surface area contributed by atoms with E-state index in [1.807, 2.05) is 0 Å². The number of aromatic nitrogens is 2. The van der Waals surface area contributed by atoms with Crippen LogP contribution in [0.4, 0.5) is 5.82 Å². The third kappa shape index (κ3) is 1.52. The molecule has 5 nitrogen and oxygen atoms in total. The molecule has 2 heterocycles. The average Bonchev–Trinajstić information content (AvgIpc) is 2.39. The Hall–Kier alpha value is -2.04. The molecule has 1 amide bonds. The van der Waals surface area contributed by atoms with Gasteiger partial charge in [0, 0.05) is 30.0 Å². The van der Waals surface area contributed by atoms with Gasteiger partial charge < -0.3 is 5.73 Å². The second kappa shape index (κ2) is 3.37. The number of hydrogen-bond donors (Lipinski definition) is 1. The number of primary amides is 1. The van der Waals surface area contributed by atoms with Crippen molar-refractivity contribution in [1.82, 2.24) is 9.97 Å². The van der Waals surface area contributed by atoms with Gasteiger partial charge in [-0.25, -0.2) is 15.0 Å². The van der Waals surface area contributed by atoms with Crippen molar-refractivity contribution >= 4 is 24.0 Å². The fourth-order valence-electron chi connectivity index (χ4n) is 1.19. The summed E-state index contributed by atoms with van der Waals surface area (Å²) in [4.78, 5) is 22.9. The predicted octanol–water partition coefficient (Wildman–Crippen LogP) is 0.451. The molecule has 5 heteroatoms. The lowest BCUT2D eigenvalue weighted by atomic mass is 10.1. The number of hydrogen-bond acceptors (Lipinski definition) is 4. The van der Waals surface area contributed by atoms with Crippen LogP contribution in [0.5, 0.6) is 0 Å². The number of amides is 1. The van der Waals surface area contributed by atoms with Crippen molar-refractivity contribution < 1.29 is 4.79 Å². The van der Waals surface area contributed by atoms with E-state index in [1.165, 1.54) is 6.33 Å². The predicted molar refractivity (Wildman–Crippen MR) is 52.0 cm³/mol. The highest BCUT2D eigenvalue weighted by Gasteiger charge is 2.09. The second-order valence-corrected chi connectivity index (χ2v) is 2.85. The van der Waals surface area contributed by atoms with E-state index in [-0.39, 0.29) is 0 Å². The van der Waals surface area contributed by atoms with Gasteiger partial charge in [0.15, 0.2) is 5.82 Å². The van der Waals surface area contributed by atoms with Crippen LogP contribution < -0.4 is 5.73 Å². The van der Waals surface area contributed by atoms with Gasteiger partial charge in [-0.05, 0) is 6.08 Å². The van der Waals surface area contributed by atoms with Crippen LogP contribution in [0, 0.1) is 0 Å². The van der Waals surface area contributed by atoms with Gasteiger partial charge in [-0.3, -0.25) is 4.79 Å². The minimum atomic E-state index is -0.437. The van der Waals surface area contributed by atoms with Crippen LogP contribution in [0.2, 0.25) is 0 Å². The molecule has 14 heavy (non-hydrogen) atoms. The molecular weight excluding hydrogens is 180 g/mol. The normalized spacial score (nSPS) is 14.1. The summed E-state index contributed by atoms with van der Waals surface area (Å²) in [6, 6.07) is 0. The third-order valence-corrected chi connectivity index (χ3v) is 1.89. The number of nitrogens with two attached hydrogens (primary N) is 1. The maximum Gasteiger partial charge on any atom is 0.245 e. The second-order valence-electron chi connectivity index (χ2n) is 2.85. The molecule has 70 valence electrons. The zero-order valence-corrected chi connectivity index (χ0v) is 7.34. The summed E-state index contributed by atoms with van der Waals surface area (Å²) in [5.74, 6) is 0.129. The monoisotopic (exact) mass is 188 g/mol. The minimum absolute atomic E-state index is 0.436. The van der Waals surface area contributed by atoms with Gasteiger partial charge in [0.1, 0.15) is 6.33 Å². The van der Waals surface area contributed by atoms with Crippen molar-refractivity contribution in [1.29, 1.82) is 0 Å². The Bertz CT molecular complexity index is 436. The molecule has 0 spiro atoms. The molecule has 0 atom stereocenters. The average molecular weight is 188 g/mol. The Labute approximate surface area is 80.4 Å². The lowest BCUT2D eigenvalue weighted by molar-refractivity contribution is -0.114. The number of aliphatic imine (C=N–C) groups is 1. The molecule has 0 fully saturated rings. The van der Waals surface area contributed by atoms with Crippen LogP contribution in [-0.4, -0.2) is 22.1 Å². The van der Waals surface area contributed by atoms with E-state index in [1.54, 1.807) is 18.5 Å². The summed E-state index contributed by atoms with van der Waals surface area (Å²) in [5.41, 5.74) is 6.42. The van der Waals surface area contributed by atoms with Gasteiger partial charge >= 0.3 is 0 Å². The largest absolute Gasteiger partial charge is 0.366 e. The number of fused-ring (bicyclic) bond motifs is 1. The van der Waals surface area contributed by atoms with Gasteiger partial charge in [0.25, 0.3) is 0 Å². The van der Waals surface area contributed by atoms with E-state index in [4.69, 9.17) is 5.73 Å². The van der Waals surface area contributed by atoms with Gasteiger partial charge in [-0.15, -0.1) is 0 Å². The minimum Gasteiger partial charge on any atom is -0.366 e. The standard InChI is InChI=1S/C9H8N4O/c10-8(14)6-1-2-12-9-7(3-6)4-11-5-13-9/h2-5H,1H2,(H2,10,14). The smallest absolute Gasteiger partial charge is 0.245 e. The molecule has 0 aromatic carbocycles. The molecular formula is C9H8N4O. The molecule has 0 bridgehead atoms. The van der Waals surface area contributed by atoms with Crippen molar-refractivity contribution in [3.05, 3.63) is 23.7 Å². The lowest BCUT2D eigenvalue weighted by Gasteiger charge is -1.97. The fraction of sp³-hybridized carbons (Fsp3) is 0.111. The maximum atomic E-state index is 11.0. The number of carbonyl (C=O) groups is 1. The number of carbonyl (C=O) groups excluding carboxylic acids is 1. The SMILES string of the molecule is NC(=O)C1=Cc2cncnc2N=CC1. The summed E-state index contributed by atoms with van der Waals surface area (Å²) in [5, 5.41) is 0. The van der Waals surface area contributed by atoms with Gasteiger partial charge in [0.2, 0.25) is 5.91 Å². The van der Waals surface area contributed by atoms with Crippen molar-refractivity contribution in [2.75, 3.05) is 0 Å². The van der Waals surface area contributed by atoms with Crippen molar-refractivity contribution in [3.8, 4) is 0 Å². The van der Waals surface area contributed by atoms with Crippen LogP contribution in [0.15, 0.2) is 23.1 Å². The Kier molecular flexibility index (Phi) is 2.06. The number of nitrogens with zero attached hydrogens (tertiary/aromatic N) is 3. The maximum absolute atomic E-state index is 11.0. The van der Waals surface area contributed by atoms with Crippen LogP contribution in [0.25, 0.3) is 6.08 Å². The summed E-state index contributed by atoms with van der Waals surface area (Å²) in [6.45, 7) is 0. The molecule has 0 radical (unpaired) electrons. The van der Waals surface area contributed by atoms with E-state index in [0.29, 0.717) is 17.8 Å². The first-order valence-electron chi connectivity index (χ1n) is 4.10. The lowest BCUT2D eigenvalue weighted by Crippen LogP contribution is -2.13. The van der Waals surface area contributed by atoms with E-state index < -0.39 is 5.91 Å². The molecule has 1 aromatic heterocycles. The fourth-order valence-corrected chi connectivity index (χ4v) is 1.19. The molecule has 0 unspecified atom stereocenters. The van der Waals surface area contributed by atoms with Gasteiger partial charge in [0.05, 0.1) is 0 Å². The summed E-state index contributed by atoms with van der Waals surface area (Å²) < 4.78 is 0. The first-order chi connectivity index (χ1) is 6.77. The summed E-state index contributed by atoms with van der Waals surface area (Å²) >= 11 is 0. The summed E-state index contributed by atoms with van der Waals surface area (Å²) in [7, 11) is 0. The van der Waals surface area contributed by atoms with Crippen LogP contribution >= 0.6 is 0 Å². The molecule has 0 saturated heterocycles. The van der Waals surface area contributed by atoms with Crippen LogP contribution in [0.1, 0.15) is 12.0 Å². The Morgan fingerprint density at radius 3 is 3.14 bits per heavy atom. The van der Waals surface area contributed by atoms with Crippen molar-refractivity contribution in [2.45, 2.75) is 6.42 Å². The molecule has 1 aliphatic rings. The molecule has 1 aliphatic heterocycles. The first-order valence-corrected chi connectivity index (χ1v) is 4.10. The zero-order chi connectivity index (χ0) is 9.97. The van der Waals surface area contributed by atoms with Gasteiger partial charge in [-0.1, -0.05) is 0 Å². The van der Waals surface area contributed by atoms with Crippen LogP contribution in [-0.2, 0) is 4.79 Å². The van der Waals surface area contributed by atoms with E-state index in [2.05, 4.69) is 15.0 Å².